The maximum atomic E-state index is 13.2. The molecule has 2 atom stereocenters. The van der Waals surface area contributed by atoms with E-state index in [4.69, 9.17) is 0 Å². The zero-order valence-corrected chi connectivity index (χ0v) is 13.3. The second kappa shape index (κ2) is 5.13. The smallest absolute Gasteiger partial charge is 0.271 e. The van der Waals surface area contributed by atoms with Crippen molar-refractivity contribution in [1.82, 2.24) is 14.8 Å². The van der Waals surface area contributed by atoms with Crippen molar-refractivity contribution in [3.63, 3.8) is 0 Å². The van der Waals surface area contributed by atoms with E-state index < -0.39 is 0 Å². The van der Waals surface area contributed by atoms with Gasteiger partial charge in [-0.2, -0.15) is 0 Å². The summed E-state index contributed by atoms with van der Waals surface area (Å²) >= 11 is 0. The van der Waals surface area contributed by atoms with Crippen molar-refractivity contribution in [3.8, 4) is 0 Å². The summed E-state index contributed by atoms with van der Waals surface area (Å²) in [5.74, 6) is 0.201. The highest BCUT2D eigenvalue weighted by molar-refractivity contribution is 5.99. The van der Waals surface area contributed by atoms with Crippen LogP contribution in [0.25, 0.3) is 10.9 Å². The summed E-state index contributed by atoms with van der Waals surface area (Å²) in [6.45, 7) is 4.05. The van der Waals surface area contributed by atoms with Gasteiger partial charge in [-0.15, -0.1) is 0 Å². The average molecular weight is 297 g/mol. The van der Waals surface area contributed by atoms with Crippen LogP contribution in [-0.2, 0) is 7.05 Å². The van der Waals surface area contributed by atoms with Crippen LogP contribution in [0.1, 0.15) is 35.3 Å². The highest BCUT2D eigenvalue weighted by Crippen LogP contribution is 2.31. The lowest BCUT2D eigenvalue weighted by molar-refractivity contribution is 0.0671. The lowest BCUT2D eigenvalue weighted by Gasteiger charge is -2.28. The molecule has 1 aromatic heterocycles. The van der Waals surface area contributed by atoms with Gasteiger partial charge in [-0.05, 0) is 50.9 Å². The van der Waals surface area contributed by atoms with Crippen molar-refractivity contribution < 1.29 is 4.79 Å². The van der Waals surface area contributed by atoms with Crippen LogP contribution in [-0.4, -0.2) is 40.5 Å². The molecule has 1 aromatic carbocycles. The molecule has 1 amide bonds. The van der Waals surface area contributed by atoms with Crippen LogP contribution in [0.2, 0.25) is 0 Å². The number of hydrogen-bond acceptors (Lipinski definition) is 2. The van der Waals surface area contributed by atoms with E-state index in [1.165, 1.54) is 5.56 Å². The van der Waals surface area contributed by atoms with E-state index in [0.717, 1.165) is 48.9 Å². The first kappa shape index (κ1) is 13.8. The zero-order chi connectivity index (χ0) is 15.3. The second-order valence-corrected chi connectivity index (χ2v) is 6.74. The van der Waals surface area contributed by atoms with Crippen molar-refractivity contribution in [2.24, 2.45) is 7.05 Å². The first-order valence-corrected chi connectivity index (χ1v) is 8.24. The van der Waals surface area contributed by atoms with Crippen molar-refractivity contribution in [2.75, 3.05) is 13.1 Å². The first-order valence-electron chi connectivity index (χ1n) is 8.24. The van der Waals surface area contributed by atoms with E-state index in [2.05, 4.69) is 46.0 Å². The molecule has 4 heteroatoms. The molecule has 0 saturated carbocycles. The molecule has 2 bridgehead atoms. The minimum Gasteiger partial charge on any atom is -0.340 e. The summed E-state index contributed by atoms with van der Waals surface area (Å²) in [7, 11) is 2.00. The predicted octanol–water partition coefficient (Wildman–Crippen LogP) is 2.45. The highest BCUT2D eigenvalue weighted by atomic mass is 16.2. The molecule has 3 heterocycles. The predicted molar refractivity (Wildman–Crippen MR) is 88.1 cm³/mol. The van der Waals surface area contributed by atoms with Gasteiger partial charge >= 0.3 is 0 Å². The Morgan fingerprint density at radius 2 is 2.00 bits per heavy atom. The van der Waals surface area contributed by atoms with Crippen molar-refractivity contribution >= 4 is 16.8 Å². The minimum atomic E-state index is 0.201. The molecule has 2 aliphatic rings. The fraction of sp³-hybridized carbons (Fsp3) is 0.500. The van der Waals surface area contributed by atoms with Crippen LogP contribution in [0.4, 0.5) is 0 Å². The summed E-state index contributed by atoms with van der Waals surface area (Å²) in [6.07, 6.45) is 3.36. The van der Waals surface area contributed by atoms with E-state index in [1.807, 2.05) is 7.05 Å². The molecule has 2 aliphatic heterocycles. The molecular weight excluding hydrogens is 274 g/mol. The number of rotatable bonds is 1. The SMILES string of the molecule is Cc1ccc2c(c1)cc(C(=O)N1[C@H]3CCNC[C@@H]1CC3)n2C. The Bertz CT molecular complexity index is 719. The Labute approximate surface area is 131 Å². The second-order valence-electron chi connectivity index (χ2n) is 6.74. The van der Waals surface area contributed by atoms with Gasteiger partial charge in [0.1, 0.15) is 5.69 Å². The van der Waals surface area contributed by atoms with Gasteiger partial charge in [-0.1, -0.05) is 11.6 Å². The molecule has 2 aromatic rings. The fourth-order valence-corrected chi connectivity index (χ4v) is 4.12. The third-order valence-corrected chi connectivity index (χ3v) is 5.31. The van der Waals surface area contributed by atoms with Crippen LogP contribution in [0.5, 0.6) is 0 Å². The lowest BCUT2D eigenvalue weighted by atomic mass is 10.1. The summed E-state index contributed by atoms with van der Waals surface area (Å²) in [6, 6.07) is 9.20. The number of benzene rings is 1. The Morgan fingerprint density at radius 1 is 1.18 bits per heavy atom. The third-order valence-electron chi connectivity index (χ3n) is 5.31. The van der Waals surface area contributed by atoms with Crippen LogP contribution in [0.3, 0.4) is 0 Å². The molecule has 4 rings (SSSR count). The van der Waals surface area contributed by atoms with E-state index in [0.29, 0.717) is 12.1 Å². The molecule has 1 N–H and O–H groups in total. The topological polar surface area (TPSA) is 37.3 Å². The number of carbonyl (C=O) groups is 1. The maximum Gasteiger partial charge on any atom is 0.271 e. The number of aromatic nitrogens is 1. The number of nitrogens with one attached hydrogen (secondary N) is 1. The van der Waals surface area contributed by atoms with Gasteiger partial charge in [-0.3, -0.25) is 4.79 Å². The Kier molecular flexibility index (Phi) is 3.22. The average Bonchev–Trinajstić information content (AvgIpc) is 2.94. The summed E-state index contributed by atoms with van der Waals surface area (Å²) in [5.41, 5.74) is 3.18. The molecule has 2 fully saturated rings. The molecular formula is C18H23N3O. The van der Waals surface area contributed by atoms with Crippen LogP contribution < -0.4 is 5.32 Å². The van der Waals surface area contributed by atoms with Gasteiger partial charge in [-0.25, -0.2) is 0 Å². The number of amides is 1. The lowest BCUT2D eigenvalue weighted by Crippen LogP contribution is -2.43. The van der Waals surface area contributed by atoms with Crippen molar-refractivity contribution in [1.29, 1.82) is 0 Å². The molecule has 0 radical (unpaired) electrons. The van der Waals surface area contributed by atoms with Gasteiger partial charge < -0.3 is 14.8 Å². The third kappa shape index (κ3) is 2.05. The Hall–Kier alpha value is -1.81. The molecule has 4 nitrogen and oxygen atoms in total. The molecule has 0 spiro atoms. The summed E-state index contributed by atoms with van der Waals surface area (Å²) in [5, 5.41) is 4.62. The number of aryl methyl sites for hydroxylation is 2. The molecule has 22 heavy (non-hydrogen) atoms. The standard InChI is InChI=1S/C18H23N3O/c1-12-3-6-16-13(9-12)10-17(20(16)2)18(22)21-14-4-5-15(21)11-19-8-7-14/h3,6,9-10,14-15,19H,4-5,7-8,11H2,1-2H3/t14-,15+/m1/s1. The zero-order valence-electron chi connectivity index (χ0n) is 13.3. The van der Waals surface area contributed by atoms with Crippen LogP contribution in [0.15, 0.2) is 24.3 Å². The number of hydrogen-bond donors (Lipinski definition) is 1. The Morgan fingerprint density at radius 3 is 2.86 bits per heavy atom. The molecule has 0 unspecified atom stereocenters. The molecule has 2 saturated heterocycles. The molecule has 116 valence electrons. The van der Waals surface area contributed by atoms with E-state index in [-0.39, 0.29) is 5.91 Å². The summed E-state index contributed by atoms with van der Waals surface area (Å²) < 4.78 is 2.05. The number of carbonyl (C=O) groups excluding carboxylic acids is 1. The van der Waals surface area contributed by atoms with Crippen LogP contribution in [0, 0.1) is 6.92 Å². The molecule has 0 aliphatic carbocycles. The maximum absolute atomic E-state index is 13.2. The van der Waals surface area contributed by atoms with Gasteiger partial charge in [0.2, 0.25) is 0 Å². The fourth-order valence-electron chi connectivity index (χ4n) is 4.12. The number of nitrogens with zero attached hydrogens (tertiary/aromatic N) is 2. The monoisotopic (exact) mass is 297 g/mol. The van der Waals surface area contributed by atoms with Gasteiger partial charge in [0.05, 0.1) is 0 Å². The highest BCUT2D eigenvalue weighted by Gasteiger charge is 2.39. The van der Waals surface area contributed by atoms with E-state index >= 15 is 0 Å². The van der Waals surface area contributed by atoms with Crippen molar-refractivity contribution in [3.05, 3.63) is 35.5 Å². The van der Waals surface area contributed by atoms with E-state index in [9.17, 15) is 4.79 Å². The number of fused-ring (bicyclic) bond motifs is 3. The quantitative estimate of drug-likeness (QED) is 0.878. The largest absolute Gasteiger partial charge is 0.340 e. The van der Waals surface area contributed by atoms with Gasteiger partial charge in [0, 0.05) is 36.6 Å². The van der Waals surface area contributed by atoms with Crippen molar-refractivity contribution in [2.45, 2.75) is 38.3 Å². The first-order chi connectivity index (χ1) is 10.6. The van der Waals surface area contributed by atoms with Gasteiger partial charge in [0.15, 0.2) is 0 Å². The Balaban J connectivity index is 1.75. The minimum absolute atomic E-state index is 0.201. The van der Waals surface area contributed by atoms with Gasteiger partial charge in [0.25, 0.3) is 5.91 Å². The van der Waals surface area contributed by atoms with E-state index in [1.54, 1.807) is 0 Å². The normalized spacial score (nSPS) is 24.7. The summed E-state index contributed by atoms with van der Waals surface area (Å²) in [4.78, 5) is 15.3. The van der Waals surface area contributed by atoms with Crippen LogP contribution >= 0.6 is 0 Å².